The Morgan fingerprint density at radius 2 is 2.00 bits per heavy atom. The van der Waals surface area contributed by atoms with Gasteiger partial charge < -0.3 is 5.32 Å². The molecule has 7 nitrogen and oxygen atoms in total. The smallest absolute Gasteiger partial charge is 0.331 e. The molecule has 0 radical (unpaired) electrons. The fraction of sp³-hybridized carbons (Fsp3) is 0.474. The SMILES string of the molecule is CCCc1nc2c3n(c(=O)n(CCC)c-2n1)CC(Cc1ccncc1)N3. The maximum atomic E-state index is 13.0. The van der Waals surface area contributed by atoms with Gasteiger partial charge in [-0.1, -0.05) is 13.8 Å². The third kappa shape index (κ3) is 2.87. The van der Waals surface area contributed by atoms with Crippen LogP contribution in [-0.4, -0.2) is 30.1 Å². The van der Waals surface area contributed by atoms with Crippen molar-refractivity contribution in [1.29, 1.82) is 0 Å². The van der Waals surface area contributed by atoms with Crippen LogP contribution in [0.5, 0.6) is 0 Å². The average molecular weight is 352 g/mol. The lowest BCUT2D eigenvalue weighted by Crippen LogP contribution is -2.32. The van der Waals surface area contributed by atoms with Gasteiger partial charge in [0.25, 0.3) is 0 Å². The van der Waals surface area contributed by atoms with Crippen molar-refractivity contribution in [2.45, 2.75) is 58.7 Å². The van der Waals surface area contributed by atoms with Gasteiger partial charge in [-0.05, 0) is 37.0 Å². The van der Waals surface area contributed by atoms with Gasteiger partial charge in [-0.3, -0.25) is 14.1 Å². The van der Waals surface area contributed by atoms with Crippen LogP contribution in [0, 0.1) is 0 Å². The minimum atomic E-state index is 0.00188. The second-order valence-electron chi connectivity index (χ2n) is 6.86. The van der Waals surface area contributed by atoms with Crippen molar-refractivity contribution < 1.29 is 0 Å². The standard InChI is InChI=1S/C19H24N6O/c1-3-5-15-22-16-17-21-14(11-13-6-8-20-9-7-13)12-25(17)19(26)24(10-4-2)18(16)23-15/h6-9,14,21H,3-5,10-12H2,1-2H3. The van der Waals surface area contributed by atoms with E-state index in [1.54, 1.807) is 17.0 Å². The first kappa shape index (κ1) is 16.8. The molecule has 3 aliphatic rings. The molecule has 3 aliphatic heterocycles. The number of aromatic nitrogens is 5. The Labute approximate surface area is 152 Å². The number of aryl methyl sites for hydroxylation is 1. The molecule has 0 aromatic carbocycles. The van der Waals surface area contributed by atoms with Crippen LogP contribution in [0.4, 0.5) is 5.82 Å². The summed E-state index contributed by atoms with van der Waals surface area (Å²) in [4.78, 5) is 26.5. The summed E-state index contributed by atoms with van der Waals surface area (Å²) < 4.78 is 3.61. The molecule has 0 amide bonds. The molecule has 0 saturated carbocycles. The van der Waals surface area contributed by atoms with Crippen molar-refractivity contribution in [3.8, 4) is 11.5 Å². The summed E-state index contributed by atoms with van der Waals surface area (Å²) in [6, 6.07) is 4.20. The fourth-order valence-electron chi connectivity index (χ4n) is 3.64. The predicted molar refractivity (Wildman–Crippen MR) is 101 cm³/mol. The van der Waals surface area contributed by atoms with Crippen LogP contribution in [-0.2, 0) is 25.9 Å². The maximum Gasteiger partial charge on any atom is 0.331 e. The minimum absolute atomic E-state index is 0.00188. The summed E-state index contributed by atoms with van der Waals surface area (Å²) in [5, 5.41) is 3.52. The molecule has 1 aromatic heterocycles. The molecule has 4 rings (SSSR count). The molecule has 7 heteroatoms. The highest BCUT2D eigenvalue weighted by atomic mass is 16.1. The number of fused-ring (bicyclic) bond motifs is 3. The van der Waals surface area contributed by atoms with Gasteiger partial charge in [0.15, 0.2) is 5.82 Å². The molecular weight excluding hydrogens is 328 g/mol. The lowest BCUT2D eigenvalue weighted by molar-refractivity contribution is 0.560. The number of hydrogen-bond donors (Lipinski definition) is 1. The van der Waals surface area contributed by atoms with Crippen molar-refractivity contribution in [3.05, 3.63) is 46.4 Å². The second kappa shape index (κ2) is 6.90. The average Bonchev–Trinajstić information content (AvgIpc) is 3.24. The molecule has 26 heavy (non-hydrogen) atoms. The number of anilines is 1. The number of pyridine rings is 1. The van der Waals surface area contributed by atoms with Gasteiger partial charge in [0.05, 0.1) is 0 Å². The minimum Gasteiger partial charge on any atom is -0.365 e. The summed E-state index contributed by atoms with van der Waals surface area (Å²) in [5.41, 5.74) is 2.03. The lowest BCUT2D eigenvalue weighted by atomic mass is 10.1. The van der Waals surface area contributed by atoms with E-state index in [1.165, 1.54) is 5.56 Å². The third-order valence-corrected chi connectivity index (χ3v) is 4.80. The van der Waals surface area contributed by atoms with Crippen LogP contribution in [0.15, 0.2) is 29.3 Å². The van der Waals surface area contributed by atoms with E-state index in [-0.39, 0.29) is 11.7 Å². The van der Waals surface area contributed by atoms with Crippen LogP contribution in [0.25, 0.3) is 11.5 Å². The largest absolute Gasteiger partial charge is 0.365 e. The molecule has 1 atom stereocenters. The van der Waals surface area contributed by atoms with Crippen LogP contribution in [0.2, 0.25) is 0 Å². The van der Waals surface area contributed by atoms with Crippen LogP contribution in [0.1, 0.15) is 38.1 Å². The monoisotopic (exact) mass is 352 g/mol. The highest BCUT2D eigenvalue weighted by Crippen LogP contribution is 2.31. The Hall–Kier alpha value is -2.70. The molecule has 0 fully saturated rings. The second-order valence-corrected chi connectivity index (χ2v) is 6.86. The van der Waals surface area contributed by atoms with Crippen LogP contribution in [0.3, 0.4) is 0 Å². The van der Waals surface area contributed by atoms with E-state index in [9.17, 15) is 4.79 Å². The van der Waals surface area contributed by atoms with Gasteiger partial charge in [-0.15, -0.1) is 0 Å². The highest BCUT2D eigenvalue weighted by Gasteiger charge is 2.31. The van der Waals surface area contributed by atoms with Gasteiger partial charge in [0.1, 0.15) is 17.3 Å². The van der Waals surface area contributed by atoms with E-state index in [2.05, 4.69) is 29.1 Å². The third-order valence-electron chi connectivity index (χ3n) is 4.80. The molecule has 0 spiro atoms. The van der Waals surface area contributed by atoms with E-state index in [4.69, 9.17) is 4.98 Å². The van der Waals surface area contributed by atoms with Crippen molar-refractivity contribution in [2.24, 2.45) is 0 Å². The molecule has 136 valence electrons. The Bertz CT molecular complexity index is 929. The Morgan fingerprint density at radius 1 is 1.19 bits per heavy atom. The Morgan fingerprint density at radius 3 is 2.73 bits per heavy atom. The number of imidazole rings is 1. The first-order valence-electron chi connectivity index (χ1n) is 9.36. The van der Waals surface area contributed by atoms with Crippen molar-refractivity contribution in [3.63, 3.8) is 0 Å². The Balaban J connectivity index is 1.74. The number of nitrogens with zero attached hydrogens (tertiary/aromatic N) is 5. The van der Waals surface area contributed by atoms with E-state index >= 15 is 0 Å². The van der Waals surface area contributed by atoms with Gasteiger partial charge in [-0.25, -0.2) is 14.8 Å². The van der Waals surface area contributed by atoms with Gasteiger partial charge in [0, 0.05) is 37.9 Å². The highest BCUT2D eigenvalue weighted by molar-refractivity contribution is 5.69. The molecule has 1 aromatic rings. The molecule has 1 N–H and O–H groups in total. The van der Waals surface area contributed by atoms with Crippen molar-refractivity contribution >= 4 is 5.82 Å². The fourth-order valence-corrected chi connectivity index (χ4v) is 3.64. The summed E-state index contributed by atoms with van der Waals surface area (Å²) >= 11 is 0. The molecule has 1 unspecified atom stereocenters. The van der Waals surface area contributed by atoms with Gasteiger partial charge >= 0.3 is 5.69 Å². The number of rotatable bonds is 6. The zero-order valence-corrected chi connectivity index (χ0v) is 15.3. The van der Waals surface area contributed by atoms with E-state index in [0.29, 0.717) is 18.9 Å². The predicted octanol–water partition coefficient (Wildman–Crippen LogP) is 2.34. The summed E-state index contributed by atoms with van der Waals surface area (Å²) in [6.07, 6.45) is 7.15. The lowest BCUT2D eigenvalue weighted by Gasteiger charge is -2.13. The summed E-state index contributed by atoms with van der Waals surface area (Å²) in [7, 11) is 0. The summed E-state index contributed by atoms with van der Waals surface area (Å²) in [5.74, 6) is 2.34. The Kier molecular flexibility index (Phi) is 4.44. The first-order chi connectivity index (χ1) is 12.7. The molecule has 4 heterocycles. The van der Waals surface area contributed by atoms with Crippen LogP contribution >= 0.6 is 0 Å². The normalized spacial score (nSPS) is 16.0. The quantitative estimate of drug-likeness (QED) is 0.737. The number of hydrogen-bond acceptors (Lipinski definition) is 5. The van der Waals surface area contributed by atoms with E-state index in [0.717, 1.165) is 43.0 Å². The van der Waals surface area contributed by atoms with E-state index in [1.807, 2.05) is 16.7 Å². The first-order valence-corrected chi connectivity index (χ1v) is 9.36. The molecule has 0 aliphatic carbocycles. The number of nitrogens with one attached hydrogen (secondary N) is 1. The molecular formula is C19H24N6O. The topological polar surface area (TPSA) is 77.6 Å². The van der Waals surface area contributed by atoms with E-state index < -0.39 is 0 Å². The zero-order chi connectivity index (χ0) is 18.1. The zero-order valence-electron chi connectivity index (χ0n) is 15.3. The van der Waals surface area contributed by atoms with Crippen molar-refractivity contribution in [1.82, 2.24) is 24.1 Å². The molecule has 0 saturated heterocycles. The van der Waals surface area contributed by atoms with Crippen LogP contribution < -0.4 is 11.0 Å². The van der Waals surface area contributed by atoms with Crippen molar-refractivity contribution in [2.75, 3.05) is 5.32 Å². The summed E-state index contributed by atoms with van der Waals surface area (Å²) in [6.45, 7) is 5.49. The molecule has 0 bridgehead atoms. The maximum absolute atomic E-state index is 13.0. The van der Waals surface area contributed by atoms with Gasteiger partial charge in [-0.2, -0.15) is 0 Å². The van der Waals surface area contributed by atoms with Gasteiger partial charge in [0.2, 0.25) is 0 Å².